The Labute approximate surface area is 388 Å². The van der Waals surface area contributed by atoms with E-state index in [1.54, 1.807) is 73.4 Å². The van der Waals surface area contributed by atoms with Crippen LogP contribution in [0.4, 0.5) is 0 Å². The molecule has 6 heterocycles. The molecule has 0 aliphatic heterocycles. The van der Waals surface area contributed by atoms with Crippen LogP contribution in [0.25, 0.3) is 67.8 Å². The Morgan fingerprint density at radius 3 is 1.52 bits per heavy atom. The SMILES string of the molecule is COc1cc(C)cc(-c2nn(CC#N)cc2-c2cc(CC[C@H](C)O)nc(-c3cccnc3)n2)c1.Cc1cc(O)cc(-c2nn(CC#N)cc2-c2cc(CC[C@H](C)O)nc(-c3cccnc3)n2)c1. The van der Waals surface area contributed by atoms with E-state index in [1.165, 1.54) is 0 Å². The summed E-state index contributed by atoms with van der Waals surface area (Å²) in [6, 6.07) is 26.7. The summed E-state index contributed by atoms with van der Waals surface area (Å²) in [5.41, 5.74) is 10.8. The highest BCUT2D eigenvalue weighted by molar-refractivity contribution is 5.81. The third-order valence-electron chi connectivity index (χ3n) is 10.5. The van der Waals surface area contributed by atoms with Gasteiger partial charge in [0.05, 0.1) is 42.8 Å². The van der Waals surface area contributed by atoms with Crippen molar-refractivity contribution in [1.82, 2.24) is 49.5 Å². The summed E-state index contributed by atoms with van der Waals surface area (Å²) < 4.78 is 8.64. The number of aliphatic hydroxyl groups is 2. The van der Waals surface area contributed by atoms with Gasteiger partial charge in [0.2, 0.25) is 0 Å². The second-order valence-electron chi connectivity index (χ2n) is 16.2. The molecule has 0 saturated carbocycles. The van der Waals surface area contributed by atoms with E-state index in [0.717, 1.165) is 61.6 Å². The largest absolute Gasteiger partial charge is 0.508 e. The normalized spacial score (nSPS) is 11.8. The lowest BCUT2D eigenvalue weighted by Crippen LogP contribution is -2.05. The number of ether oxygens (including phenoxy) is 1. The second kappa shape index (κ2) is 21.7. The third-order valence-corrected chi connectivity index (χ3v) is 10.5. The molecule has 0 aliphatic rings. The van der Waals surface area contributed by atoms with Crippen LogP contribution in [0.3, 0.4) is 0 Å². The number of methoxy groups -OCH3 is 1. The van der Waals surface area contributed by atoms with Gasteiger partial charge in [-0.2, -0.15) is 20.7 Å². The lowest BCUT2D eigenvalue weighted by atomic mass is 10.0. The Kier molecular flexibility index (Phi) is 15.1. The van der Waals surface area contributed by atoms with Crippen LogP contribution in [-0.2, 0) is 25.9 Å². The van der Waals surface area contributed by atoms with Crippen LogP contribution in [0.15, 0.2) is 110 Å². The maximum Gasteiger partial charge on any atom is 0.161 e. The summed E-state index contributed by atoms with van der Waals surface area (Å²) in [7, 11) is 1.63. The Morgan fingerprint density at radius 2 is 1.10 bits per heavy atom. The van der Waals surface area contributed by atoms with Gasteiger partial charge < -0.3 is 20.1 Å². The summed E-state index contributed by atoms with van der Waals surface area (Å²) in [5, 5.41) is 57.5. The van der Waals surface area contributed by atoms with Gasteiger partial charge >= 0.3 is 0 Å². The van der Waals surface area contributed by atoms with Crippen molar-refractivity contribution < 1.29 is 20.1 Å². The van der Waals surface area contributed by atoms with Gasteiger partial charge in [-0.25, -0.2) is 19.9 Å². The Morgan fingerprint density at radius 1 is 0.627 bits per heavy atom. The molecule has 6 aromatic heterocycles. The molecular weight excluding hydrogens is 845 g/mol. The zero-order chi connectivity index (χ0) is 47.5. The average molecular weight is 895 g/mol. The lowest BCUT2D eigenvalue weighted by Gasteiger charge is -2.10. The van der Waals surface area contributed by atoms with E-state index in [1.807, 2.05) is 80.7 Å². The van der Waals surface area contributed by atoms with Crippen molar-refractivity contribution in [3.63, 3.8) is 0 Å². The maximum absolute atomic E-state index is 10.1. The fraction of sp³-hybridized carbons (Fsp3) is 0.255. The first-order chi connectivity index (χ1) is 32.4. The van der Waals surface area contributed by atoms with Gasteiger partial charge in [-0.05, 0) is 137 Å². The molecule has 0 spiro atoms. The molecule has 8 aromatic rings. The monoisotopic (exact) mass is 894 g/mol. The number of hydrogen-bond donors (Lipinski definition) is 3. The second-order valence-corrected chi connectivity index (χ2v) is 16.2. The number of rotatable bonds is 15. The molecule has 0 fully saturated rings. The minimum absolute atomic E-state index is 0.0836. The van der Waals surface area contributed by atoms with Crippen LogP contribution >= 0.6 is 0 Å². The van der Waals surface area contributed by atoms with Crippen molar-refractivity contribution in [2.75, 3.05) is 7.11 Å². The minimum Gasteiger partial charge on any atom is -0.508 e. The van der Waals surface area contributed by atoms with Crippen molar-refractivity contribution in [3.05, 3.63) is 132 Å². The van der Waals surface area contributed by atoms with E-state index in [0.29, 0.717) is 60.1 Å². The quantitative estimate of drug-likeness (QED) is 0.0882. The smallest absolute Gasteiger partial charge is 0.161 e. The molecule has 0 aliphatic carbocycles. The van der Waals surface area contributed by atoms with Crippen LogP contribution in [0, 0.1) is 36.5 Å². The number of nitriles is 2. The van der Waals surface area contributed by atoms with Gasteiger partial charge in [0.25, 0.3) is 0 Å². The van der Waals surface area contributed by atoms with Gasteiger partial charge in [-0.15, -0.1) is 0 Å². The summed E-state index contributed by atoms with van der Waals surface area (Å²) in [4.78, 5) is 27.4. The average Bonchev–Trinajstić information content (AvgIpc) is 3.96. The lowest BCUT2D eigenvalue weighted by molar-refractivity contribution is 0.184. The van der Waals surface area contributed by atoms with Crippen LogP contribution in [0.5, 0.6) is 11.5 Å². The first kappa shape index (κ1) is 46.8. The maximum atomic E-state index is 10.1. The number of nitrogens with zero attached hydrogens (tertiary/aromatic N) is 12. The summed E-state index contributed by atoms with van der Waals surface area (Å²) in [6.07, 6.45) is 11.9. The third kappa shape index (κ3) is 12.1. The van der Waals surface area contributed by atoms with Crippen LogP contribution in [0.1, 0.15) is 49.2 Å². The molecule has 338 valence electrons. The molecule has 0 amide bonds. The molecule has 0 saturated heterocycles. The van der Waals surface area contributed by atoms with Crippen molar-refractivity contribution in [3.8, 4) is 91.4 Å². The number of pyridine rings is 2. The first-order valence-corrected chi connectivity index (χ1v) is 21.7. The molecule has 8 rings (SSSR count). The minimum atomic E-state index is -0.450. The predicted octanol–water partition coefficient (Wildman–Crippen LogP) is 8.14. The molecule has 16 nitrogen and oxygen atoms in total. The van der Waals surface area contributed by atoms with Crippen LogP contribution in [-0.4, -0.2) is 84.1 Å². The molecule has 0 radical (unpaired) electrons. The van der Waals surface area contributed by atoms with Gasteiger partial charge in [-0.3, -0.25) is 19.3 Å². The molecule has 0 bridgehead atoms. The number of aromatic hydroxyl groups is 1. The van der Waals surface area contributed by atoms with Gasteiger partial charge in [-0.1, -0.05) is 0 Å². The van der Waals surface area contributed by atoms with E-state index in [-0.39, 0.29) is 18.8 Å². The zero-order valence-corrected chi connectivity index (χ0v) is 37.9. The number of aliphatic hydroxyl groups excluding tert-OH is 2. The Bertz CT molecular complexity index is 3020. The standard InChI is InChI=1S/C26H26N6O2.C25H24N6O2/c1-17-11-20(13-22(12-17)34-3)25-23(16-32(31-25)10-8-27)24-14-21(7-6-18(2)33)29-26(30-24)19-5-4-9-28-15-19;1-16-10-19(12-21(33)11-16)24-22(15-31(30-24)9-7-26)23-13-20(6-5-17(2)32)28-25(29-23)18-4-3-8-27-14-18/h4-5,9,11-16,18,33H,6-7,10H2,1-3H3;3-4,8,10-15,17,32-33H,5-6,9H2,1-2H3/t18-;17-/m00/s1. The number of hydrogen-bond acceptors (Lipinski definition) is 14. The molecule has 67 heavy (non-hydrogen) atoms. The highest BCUT2D eigenvalue weighted by atomic mass is 16.5. The fourth-order valence-electron chi connectivity index (χ4n) is 7.34. The fourth-order valence-corrected chi connectivity index (χ4v) is 7.34. The topological polar surface area (TPSA) is 230 Å². The predicted molar refractivity (Wildman–Crippen MR) is 253 cm³/mol. The van der Waals surface area contributed by atoms with Gasteiger partial charge in [0.1, 0.15) is 36.0 Å². The van der Waals surface area contributed by atoms with Crippen molar-refractivity contribution in [1.29, 1.82) is 10.5 Å². The van der Waals surface area contributed by atoms with Crippen molar-refractivity contribution >= 4 is 0 Å². The van der Waals surface area contributed by atoms with Crippen LogP contribution < -0.4 is 4.74 Å². The number of benzene rings is 2. The van der Waals surface area contributed by atoms with E-state index in [4.69, 9.17) is 29.8 Å². The Hall–Kier alpha value is -8.18. The zero-order valence-electron chi connectivity index (χ0n) is 37.9. The highest BCUT2D eigenvalue weighted by Crippen LogP contribution is 2.36. The summed E-state index contributed by atoms with van der Waals surface area (Å²) in [6.45, 7) is 7.61. The number of aromatic nitrogens is 10. The number of phenolic OH excluding ortho intramolecular Hbond substituents is 1. The summed E-state index contributed by atoms with van der Waals surface area (Å²) in [5.74, 6) is 1.94. The molecule has 16 heteroatoms. The number of aryl methyl sites for hydroxylation is 4. The van der Waals surface area contributed by atoms with E-state index < -0.39 is 12.2 Å². The van der Waals surface area contributed by atoms with E-state index >= 15 is 0 Å². The van der Waals surface area contributed by atoms with Gasteiger partial charge in [0.15, 0.2) is 11.6 Å². The van der Waals surface area contributed by atoms with Gasteiger partial charge in [0, 0.05) is 81.9 Å². The number of phenols is 1. The molecule has 3 N–H and O–H groups in total. The Balaban J connectivity index is 0.000000199. The molecule has 2 atom stereocenters. The molecular formula is C51H50N12O4. The molecule has 2 aromatic carbocycles. The van der Waals surface area contributed by atoms with Crippen molar-refractivity contribution in [2.45, 2.75) is 78.7 Å². The summed E-state index contributed by atoms with van der Waals surface area (Å²) >= 11 is 0. The van der Waals surface area contributed by atoms with Crippen molar-refractivity contribution in [2.24, 2.45) is 0 Å². The molecule has 0 unspecified atom stereocenters. The van der Waals surface area contributed by atoms with E-state index in [2.05, 4.69) is 27.2 Å². The highest BCUT2D eigenvalue weighted by Gasteiger charge is 2.20. The van der Waals surface area contributed by atoms with E-state index in [9.17, 15) is 25.8 Å². The van der Waals surface area contributed by atoms with Crippen LogP contribution in [0.2, 0.25) is 0 Å². The first-order valence-electron chi connectivity index (χ1n) is 21.7.